The average molecular weight is 366 g/mol. The predicted octanol–water partition coefficient (Wildman–Crippen LogP) is 3.53. The zero-order chi connectivity index (χ0) is 18.8. The largest absolute Gasteiger partial charge is 0.486 e. The van der Waals surface area contributed by atoms with Crippen LogP contribution in [0.4, 0.5) is 10.5 Å². The topological polar surface area (TPSA) is 88.3 Å². The summed E-state index contributed by atoms with van der Waals surface area (Å²) < 4.78 is 11.6. The maximum absolute atomic E-state index is 12.3. The van der Waals surface area contributed by atoms with E-state index in [0.717, 1.165) is 39.3 Å². The number of para-hydroxylation sites is 2. The number of fused-ring (bicyclic) bond motifs is 2. The molecular formula is C20H22N4O3. The molecule has 3 N–H and O–H groups in total. The molecule has 1 aliphatic rings. The minimum Gasteiger partial charge on any atom is -0.486 e. The molecule has 1 aromatic heterocycles. The van der Waals surface area contributed by atoms with Crippen LogP contribution in [0, 0.1) is 13.8 Å². The number of hydrogen-bond donors (Lipinski definition) is 3. The number of anilines is 1. The highest BCUT2D eigenvalue weighted by atomic mass is 16.6. The van der Waals surface area contributed by atoms with Gasteiger partial charge in [-0.05, 0) is 43.2 Å². The van der Waals surface area contributed by atoms with Gasteiger partial charge in [0, 0.05) is 18.7 Å². The number of aromatic nitrogens is 2. The molecule has 0 bridgehead atoms. The molecule has 0 fully saturated rings. The molecule has 27 heavy (non-hydrogen) atoms. The number of amides is 2. The van der Waals surface area contributed by atoms with E-state index in [4.69, 9.17) is 9.47 Å². The Bertz CT molecular complexity index is 983. The van der Waals surface area contributed by atoms with E-state index in [1.807, 2.05) is 44.2 Å². The van der Waals surface area contributed by atoms with Crippen LogP contribution in [0.25, 0.3) is 11.0 Å². The minimum absolute atomic E-state index is 0.0782. The summed E-state index contributed by atoms with van der Waals surface area (Å²) in [5, 5.41) is 5.80. The highest BCUT2D eigenvalue weighted by Gasteiger charge is 2.20. The number of benzene rings is 2. The highest BCUT2D eigenvalue weighted by molar-refractivity contribution is 5.94. The second kappa shape index (κ2) is 7.19. The fourth-order valence-electron chi connectivity index (χ4n) is 3.19. The SMILES string of the molecule is Cc1c(NC(=O)NCCC2COc3ccccc3O2)cc2[nH]cnc2c1C. The quantitative estimate of drug-likeness (QED) is 0.659. The van der Waals surface area contributed by atoms with Gasteiger partial charge in [0.15, 0.2) is 11.5 Å². The lowest BCUT2D eigenvalue weighted by molar-refractivity contribution is 0.0854. The molecule has 0 aliphatic carbocycles. The molecule has 7 nitrogen and oxygen atoms in total. The third-order valence-corrected chi connectivity index (χ3v) is 4.85. The number of imidazole rings is 1. The number of aryl methyl sites for hydroxylation is 1. The summed E-state index contributed by atoms with van der Waals surface area (Å²) in [5.41, 5.74) is 4.65. The van der Waals surface area contributed by atoms with Crippen LogP contribution in [0.1, 0.15) is 17.5 Å². The fraction of sp³-hybridized carbons (Fsp3) is 0.300. The van der Waals surface area contributed by atoms with Crippen LogP contribution in [0.3, 0.4) is 0 Å². The van der Waals surface area contributed by atoms with Gasteiger partial charge in [0.2, 0.25) is 0 Å². The smallest absolute Gasteiger partial charge is 0.319 e. The summed E-state index contributed by atoms with van der Waals surface area (Å²) in [5.74, 6) is 1.51. The van der Waals surface area contributed by atoms with Crippen molar-refractivity contribution in [3.63, 3.8) is 0 Å². The van der Waals surface area contributed by atoms with Gasteiger partial charge in [-0.15, -0.1) is 0 Å². The first-order chi connectivity index (χ1) is 13.1. The highest BCUT2D eigenvalue weighted by Crippen LogP contribution is 2.31. The van der Waals surface area contributed by atoms with Crippen LogP contribution in [-0.2, 0) is 0 Å². The number of aromatic amines is 1. The van der Waals surface area contributed by atoms with Crippen LogP contribution in [0.15, 0.2) is 36.7 Å². The van der Waals surface area contributed by atoms with Gasteiger partial charge in [0.1, 0.15) is 12.7 Å². The van der Waals surface area contributed by atoms with Gasteiger partial charge in [-0.25, -0.2) is 9.78 Å². The van der Waals surface area contributed by atoms with E-state index in [0.29, 0.717) is 19.6 Å². The van der Waals surface area contributed by atoms with E-state index in [1.165, 1.54) is 0 Å². The first-order valence-electron chi connectivity index (χ1n) is 8.98. The van der Waals surface area contributed by atoms with Gasteiger partial charge in [-0.3, -0.25) is 0 Å². The molecule has 4 rings (SSSR count). The van der Waals surface area contributed by atoms with Gasteiger partial charge in [0.25, 0.3) is 0 Å². The van der Waals surface area contributed by atoms with Crippen LogP contribution in [0.2, 0.25) is 0 Å². The number of nitrogens with one attached hydrogen (secondary N) is 3. The fourth-order valence-corrected chi connectivity index (χ4v) is 3.19. The van der Waals surface area contributed by atoms with Crippen LogP contribution in [-0.4, -0.2) is 35.3 Å². The summed E-state index contributed by atoms with van der Waals surface area (Å²) >= 11 is 0. The lowest BCUT2D eigenvalue weighted by Gasteiger charge is -2.26. The third-order valence-electron chi connectivity index (χ3n) is 4.85. The Morgan fingerprint density at radius 3 is 2.93 bits per heavy atom. The molecule has 2 amide bonds. The number of ether oxygens (including phenoxy) is 2. The van der Waals surface area contributed by atoms with Crippen molar-refractivity contribution in [1.29, 1.82) is 0 Å². The van der Waals surface area contributed by atoms with Crippen molar-refractivity contribution in [3.8, 4) is 11.5 Å². The molecule has 7 heteroatoms. The van der Waals surface area contributed by atoms with Crippen LogP contribution in [0.5, 0.6) is 11.5 Å². The zero-order valence-electron chi connectivity index (χ0n) is 15.3. The molecule has 1 unspecified atom stereocenters. The molecule has 2 aromatic carbocycles. The van der Waals surface area contributed by atoms with E-state index in [1.54, 1.807) is 6.33 Å². The Morgan fingerprint density at radius 1 is 1.26 bits per heavy atom. The lowest BCUT2D eigenvalue weighted by Crippen LogP contribution is -2.36. The van der Waals surface area contributed by atoms with Crippen molar-refractivity contribution < 1.29 is 14.3 Å². The molecule has 0 radical (unpaired) electrons. The molecule has 0 saturated heterocycles. The molecule has 0 spiro atoms. The molecule has 140 valence electrons. The zero-order valence-corrected chi connectivity index (χ0v) is 15.3. The third kappa shape index (κ3) is 3.53. The maximum atomic E-state index is 12.3. The normalized spacial score (nSPS) is 15.6. The summed E-state index contributed by atoms with van der Waals surface area (Å²) in [6.45, 7) is 4.95. The summed E-state index contributed by atoms with van der Waals surface area (Å²) in [6.07, 6.45) is 2.25. The van der Waals surface area contributed by atoms with Crippen molar-refractivity contribution in [2.24, 2.45) is 0 Å². The number of nitrogens with zero attached hydrogens (tertiary/aromatic N) is 1. The molecule has 1 atom stereocenters. The minimum atomic E-state index is -0.242. The number of hydrogen-bond acceptors (Lipinski definition) is 4. The Balaban J connectivity index is 1.31. The molecule has 3 aromatic rings. The van der Waals surface area contributed by atoms with E-state index in [-0.39, 0.29) is 12.1 Å². The van der Waals surface area contributed by atoms with Crippen LogP contribution >= 0.6 is 0 Å². The predicted molar refractivity (Wildman–Crippen MR) is 104 cm³/mol. The standard InChI is InChI=1S/C20H22N4O3/c1-12-13(2)19-16(22-11-23-19)9-15(12)24-20(25)21-8-7-14-10-26-17-5-3-4-6-18(17)27-14/h3-6,9,11,14H,7-8,10H2,1-2H3,(H,22,23)(H2,21,24,25). The van der Waals surface area contributed by atoms with E-state index >= 15 is 0 Å². The van der Waals surface area contributed by atoms with Crippen molar-refractivity contribution in [3.05, 3.63) is 47.8 Å². The van der Waals surface area contributed by atoms with Crippen molar-refractivity contribution in [2.75, 3.05) is 18.5 Å². The van der Waals surface area contributed by atoms with Gasteiger partial charge in [-0.2, -0.15) is 0 Å². The Labute approximate surface area is 157 Å². The van der Waals surface area contributed by atoms with Crippen LogP contribution < -0.4 is 20.1 Å². The number of carbonyl (C=O) groups excluding carboxylic acids is 1. The molecule has 1 aliphatic heterocycles. The van der Waals surface area contributed by atoms with Gasteiger partial charge < -0.3 is 25.1 Å². The Hall–Kier alpha value is -3.22. The van der Waals surface area contributed by atoms with Gasteiger partial charge in [-0.1, -0.05) is 12.1 Å². The number of urea groups is 1. The monoisotopic (exact) mass is 366 g/mol. The first kappa shape index (κ1) is 17.2. The molecular weight excluding hydrogens is 344 g/mol. The average Bonchev–Trinajstić information content (AvgIpc) is 3.14. The van der Waals surface area contributed by atoms with E-state index < -0.39 is 0 Å². The van der Waals surface area contributed by atoms with Gasteiger partial charge in [0.05, 0.1) is 17.4 Å². The second-order valence-corrected chi connectivity index (χ2v) is 6.64. The first-order valence-corrected chi connectivity index (χ1v) is 8.98. The maximum Gasteiger partial charge on any atom is 0.319 e. The van der Waals surface area contributed by atoms with E-state index in [9.17, 15) is 4.79 Å². The summed E-state index contributed by atoms with van der Waals surface area (Å²) in [4.78, 5) is 19.7. The molecule has 2 heterocycles. The summed E-state index contributed by atoms with van der Waals surface area (Å²) in [6, 6.07) is 9.26. The molecule has 0 saturated carbocycles. The number of H-pyrrole nitrogens is 1. The number of rotatable bonds is 4. The van der Waals surface area contributed by atoms with Crippen molar-refractivity contribution in [2.45, 2.75) is 26.4 Å². The lowest BCUT2D eigenvalue weighted by atomic mass is 10.1. The number of carbonyl (C=O) groups is 1. The summed E-state index contributed by atoms with van der Waals surface area (Å²) in [7, 11) is 0. The Kier molecular flexibility index (Phi) is 4.58. The van der Waals surface area contributed by atoms with Gasteiger partial charge >= 0.3 is 6.03 Å². The Morgan fingerprint density at radius 2 is 2.07 bits per heavy atom. The second-order valence-electron chi connectivity index (χ2n) is 6.64. The van der Waals surface area contributed by atoms with Crippen molar-refractivity contribution in [1.82, 2.24) is 15.3 Å². The van der Waals surface area contributed by atoms with E-state index in [2.05, 4.69) is 20.6 Å². The van der Waals surface area contributed by atoms with Crippen molar-refractivity contribution >= 4 is 22.8 Å².